The number of carboxylic acid groups (broad SMARTS) is 1. The summed E-state index contributed by atoms with van der Waals surface area (Å²) in [6, 6.07) is 16.5. The molecule has 0 saturated heterocycles. The molecule has 26 heavy (non-hydrogen) atoms. The largest absolute Gasteiger partial charge is 0.480 e. The molecule has 1 unspecified atom stereocenters. The molecule has 0 radical (unpaired) electrons. The van der Waals surface area contributed by atoms with Crippen LogP contribution in [0.3, 0.4) is 0 Å². The van der Waals surface area contributed by atoms with E-state index in [4.69, 9.17) is 5.11 Å². The number of hydroxylamine groups is 2. The van der Waals surface area contributed by atoms with Gasteiger partial charge in [-0.2, -0.15) is 0 Å². The van der Waals surface area contributed by atoms with Crippen LogP contribution in [0.15, 0.2) is 60.7 Å². The minimum Gasteiger partial charge on any atom is -0.480 e. The summed E-state index contributed by atoms with van der Waals surface area (Å²) in [6.45, 7) is -0.592. The molecule has 3 N–H and O–H groups in total. The van der Waals surface area contributed by atoms with Gasteiger partial charge in [-0.3, -0.25) is 19.6 Å². The number of hydrogen-bond donors (Lipinski definition) is 3. The lowest BCUT2D eigenvalue weighted by Crippen LogP contribution is -2.50. The number of carboxylic acids is 1. The van der Waals surface area contributed by atoms with Crippen LogP contribution in [0.25, 0.3) is 0 Å². The van der Waals surface area contributed by atoms with E-state index in [0.29, 0.717) is 10.6 Å². The van der Waals surface area contributed by atoms with Gasteiger partial charge in [0.1, 0.15) is 12.6 Å². The van der Waals surface area contributed by atoms with Crippen LogP contribution in [0.4, 0.5) is 0 Å². The molecular formula is C19H20N2O5. The Labute approximate surface area is 150 Å². The van der Waals surface area contributed by atoms with Crippen molar-refractivity contribution >= 4 is 17.8 Å². The molecule has 0 saturated carbocycles. The highest BCUT2D eigenvalue weighted by atomic mass is 16.5. The second-order valence-electron chi connectivity index (χ2n) is 5.72. The van der Waals surface area contributed by atoms with Gasteiger partial charge >= 0.3 is 5.97 Å². The molecule has 1 atom stereocenters. The third kappa shape index (κ3) is 5.71. The van der Waals surface area contributed by atoms with Gasteiger partial charge in [0.15, 0.2) is 0 Å². The summed E-state index contributed by atoms with van der Waals surface area (Å²) >= 11 is 0. The normalized spacial score (nSPS) is 11.4. The molecular weight excluding hydrogens is 336 g/mol. The van der Waals surface area contributed by atoms with Gasteiger partial charge < -0.3 is 10.4 Å². The van der Waals surface area contributed by atoms with E-state index in [1.165, 1.54) is 0 Å². The standard InChI is InChI=1S/C19H20N2O5/c22-17(12-15-9-5-2-6-10-15)21(26)16(19(25)20-13-18(23)24)11-14-7-3-1-4-8-14/h1-10,16,26H,11-13H2,(H,20,25)(H,23,24). The topological polar surface area (TPSA) is 107 Å². The van der Waals surface area contributed by atoms with Gasteiger partial charge in [-0.25, -0.2) is 5.06 Å². The Morgan fingerprint density at radius 1 is 0.923 bits per heavy atom. The summed E-state index contributed by atoms with van der Waals surface area (Å²) in [6.07, 6.45) is -0.0157. The van der Waals surface area contributed by atoms with Crippen molar-refractivity contribution in [2.24, 2.45) is 0 Å². The molecule has 0 heterocycles. The van der Waals surface area contributed by atoms with E-state index in [-0.39, 0.29) is 12.8 Å². The highest BCUT2D eigenvalue weighted by Gasteiger charge is 2.29. The van der Waals surface area contributed by atoms with Gasteiger partial charge in [-0.15, -0.1) is 0 Å². The predicted octanol–water partition coefficient (Wildman–Crippen LogP) is 1.26. The summed E-state index contributed by atoms with van der Waals surface area (Å²) in [4.78, 5) is 35.4. The van der Waals surface area contributed by atoms with E-state index < -0.39 is 30.4 Å². The average molecular weight is 356 g/mol. The van der Waals surface area contributed by atoms with E-state index >= 15 is 0 Å². The fourth-order valence-electron chi connectivity index (χ4n) is 2.43. The monoisotopic (exact) mass is 356 g/mol. The van der Waals surface area contributed by atoms with Crippen molar-refractivity contribution in [3.8, 4) is 0 Å². The summed E-state index contributed by atoms with van der Waals surface area (Å²) in [7, 11) is 0. The first kappa shape index (κ1) is 19.1. The maximum atomic E-state index is 12.4. The van der Waals surface area contributed by atoms with Crippen molar-refractivity contribution in [2.75, 3.05) is 6.54 Å². The van der Waals surface area contributed by atoms with Gasteiger partial charge in [0.2, 0.25) is 5.91 Å². The van der Waals surface area contributed by atoms with Crippen molar-refractivity contribution in [2.45, 2.75) is 18.9 Å². The van der Waals surface area contributed by atoms with Gasteiger partial charge in [0.25, 0.3) is 5.91 Å². The number of rotatable bonds is 8. The molecule has 0 bridgehead atoms. The number of nitrogens with one attached hydrogen (secondary N) is 1. The zero-order valence-electron chi connectivity index (χ0n) is 14.0. The van der Waals surface area contributed by atoms with E-state index in [1.807, 2.05) is 6.07 Å². The lowest BCUT2D eigenvalue weighted by Gasteiger charge is -2.25. The Morgan fingerprint density at radius 2 is 1.46 bits per heavy atom. The summed E-state index contributed by atoms with van der Waals surface area (Å²) in [5.41, 5.74) is 1.43. The second-order valence-corrected chi connectivity index (χ2v) is 5.72. The van der Waals surface area contributed by atoms with Crippen LogP contribution in [-0.2, 0) is 27.2 Å². The number of nitrogens with zero attached hydrogens (tertiary/aromatic N) is 1. The van der Waals surface area contributed by atoms with Crippen molar-refractivity contribution in [3.63, 3.8) is 0 Å². The highest BCUT2D eigenvalue weighted by molar-refractivity contribution is 5.89. The van der Waals surface area contributed by atoms with Crippen molar-refractivity contribution < 1.29 is 24.7 Å². The van der Waals surface area contributed by atoms with E-state index in [1.54, 1.807) is 54.6 Å². The maximum Gasteiger partial charge on any atom is 0.322 e. The lowest BCUT2D eigenvalue weighted by molar-refractivity contribution is -0.179. The second kappa shape index (κ2) is 9.33. The van der Waals surface area contributed by atoms with E-state index in [2.05, 4.69) is 5.32 Å². The van der Waals surface area contributed by atoms with Crippen LogP contribution >= 0.6 is 0 Å². The Hall–Kier alpha value is -3.19. The fraction of sp³-hybridized carbons (Fsp3) is 0.211. The number of amides is 2. The predicted molar refractivity (Wildman–Crippen MR) is 93.4 cm³/mol. The smallest absolute Gasteiger partial charge is 0.322 e. The molecule has 0 spiro atoms. The quantitative estimate of drug-likeness (QED) is 0.488. The Kier molecular flexibility index (Phi) is 6.87. The van der Waals surface area contributed by atoms with Crippen LogP contribution in [0.2, 0.25) is 0 Å². The minimum absolute atomic E-state index is 0.0589. The van der Waals surface area contributed by atoms with Gasteiger partial charge in [-0.05, 0) is 11.1 Å². The van der Waals surface area contributed by atoms with Crippen LogP contribution in [0.1, 0.15) is 11.1 Å². The molecule has 0 aliphatic heterocycles. The Balaban J connectivity index is 2.13. The summed E-state index contributed by atoms with van der Waals surface area (Å²) < 4.78 is 0. The third-order valence-corrected chi connectivity index (χ3v) is 3.74. The summed E-state index contributed by atoms with van der Waals surface area (Å²) in [5, 5.41) is 21.6. The van der Waals surface area contributed by atoms with Crippen molar-refractivity contribution in [3.05, 3.63) is 71.8 Å². The molecule has 0 aliphatic rings. The molecule has 2 aromatic rings. The molecule has 0 aromatic heterocycles. The maximum absolute atomic E-state index is 12.4. The SMILES string of the molecule is O=C(O)CNC(=O)C(Cc1ccccc1)N(O)C(=O)Cc1ccccc1. The first-order chi connectivity index (χ1) is 12.5. The zero-order valence-corrected chi connectivity index (χ0v) is 14.0. The number of benzene rings is 2. The molecule has 0 aliphatic carbocycles. The number of hydrogen-bond acceptors (Lipinski definition) is 4. The number of aliphatic carboxylic acids is 1. The summed E-state index contributed by atoms with van der Waals surface area (Å²) in [5.74, 6) is -2.60. The van der Waals surface area contributed by atoms with E-state index in [0.717, 1.165) is 5.56 Å². The Bertz CT molecular complexity index is 749. The molecule has 7 heteroatoms. The molecule has 2 rings (SSSR count). The molecule has 0 fully saturated rings. The minimum atomic E-state index is -1.23. The highest BCUT2D eigenvalue weighted by Crippen LogP contribution is 2.11. The van der Waals surface area contributed by atoms with Crippen LogP contribution < -0.4 is 5.32 Å². The first-order valence-electron chi connectivity index (χ1n) is 8.05. The van der Waals surface area contributed by atoms with Crippen LogP contribution in [0.5, 0.6) is 0 Å². The van der Waals surface area contributed by atoms with Crippen LogP contribution in [-0.4, -0.2) is 45.7 Å². The van der Waals surface area contributed by atoms with Gasteiger partial charge in [0, 0.05) is 6.42 Å². The molecule has 2 aromatic carbocycles. The van der Waals surface area contributed by atoms with Crippen molar-refractivity contribution in [1.82, 2.24) is 10.4 Å². The third-order valence-electron chi connectivity index (χ3n) is 3.74. The van der Waals surface area contributed by atoms with Gasteiger partial charge in [0.05, 0.1) is 6.42 Å². The van der Waals surface area contributed by atoms with Gasteiger partial charge in [-0.1, -0.05) is 60.7 Å². The first-order valence-corrected chi connectivity index (χ1v) is 8.05. The van der Waals surface area contributed by atoms with Crippen LogP contribution in [0, 0.1) is 0 Å². The fourth-order valence-corrected chi connectivity index (χ4v) is 2.43. The lowest BCUT2D eigenvalue weighted by atomic mass is 10.0. The molecule has 136 valence electrons. The number of carbonyl (C=O) groups is 3. The average Bonchev–Trinajstić information content (AvgIpc) is 2.65. The van der Waals surface area contributed by atoms with Crippen molar-refractivity contribution in [1.29, 1.82) is 0 Å². The van der Waals surface area contributed by atoms with E-state index in [9.17, 15) is 19.6 Å². The number of carbonyl (C=O) groups excluding carboxylic acids is 2. The molecule has 7 nitrogen and oxygen atoms in total. The zero-order chi connectivity index (χ0) is 18.9. The Morgan fingerprint density at radius 3 is 2.00 bits per heavy atom. The molecule has 2 amide bonds.